The van der Waals surface area contributed by atoms with Crippen molar-refractivity contribution in [3.05, 3.63) is 48.3 Å². The second kappa shape index (κ2) is 5.78. The molecule has 114 valence electrons. The molecular formula is C12H11F3N2O3S. The van der Waals surface area contributed by atoms with Crippen LogP contribution in [0.2, 0.25) is 0 Å². The molecule has 0 saturated heterocycles. The van der Waals surface area contributed by atoms with Crippen LogP contribution in [0.1, 0.15) is 5.56 Å². The number of aromatic amines is 1. The lowest BCUT2D eigenvalue weighted by Crippen LogP contribution is -2.23. The second-order valence-corrected chi connectivity index (χ2v) is 5.83. The minimum Gasteiger partial charge on any atom is -0.406 e. The summed E-state index contributed by atoms with van der Waals surface area (Å²) in [6.45, 7) is 0.0760. The molecule has 21 heavy (non-hydrogen) atoms. The van der Waals surface area contributed by atoms with E-state index in [9.17, 15) is 21.6 Å². The van der Waals surface area contributed by atoms with Crippen LogP contribution in [0.5, 0.6) is 5.75 Å². The quantitative estimate of drug-likeness (QED) is 0.888. The summed E-state index contributed by atoms with van der Waals surface area (Å²) < 4.78 is 65.9. The van der Waals surface area contributed by atoms with E-state index in [0.29, 0.717) is 0 Å². The zero-order chi connectivity index (χ0) is 15.5. The number of alkyl halides is 3. The van der Waals surface area contributed by atoms with Gasteiger partial charge < -0.3 is 9.72 Å². The first-order valence-corrected chi connectivity index (χ1v) is 7.22. The monoisotopic (exact) mass is 320 g/mol. The van der Waals surface area contributed by atoms with Gasteiger partial charge in [0.15, 0.2) is 0 Å². The van der Waals surface area contributed by atoms with Crippen molar-refractivity contribution in [2.75, 3.05) is 0 Å². The highest BCUT2D eigenvalue weighted by atomic mass is 32.2. The molecule has 0 saturated carbocycles. The van der Waals surface area contributed by atoms with E-state index in [-0.39, 0.29) is 11.4 Å². The zero-order valence-electron chi connectivity index (χ0n) is 10.5. The van der Waals surface area contributed by atoms with E-state index >= 15 is 0 Å². The molecule has 0 bridgehead atoms. The summed E-state index contributed by atoms with van der Waals surface area (Å²) in [7, 11) is -3.80. The fourth-order valence-corrected chi connectivity index (χ4v) is 2.57. The summed E-state index contributed by atoms with van der Waals surface area (Å²) in [6, 6.07) is 5.67. The van der Waals surface area contributed by atoms with Crippen LogP contribution in [0.3, 0.4) is 0 Å². The van der Waals surface area contributed by atoms with E-state index in [2.05, 4.69) is 14.4 Å². The Morgan fingerprint density at radius 3 is 2.33 bits per heavy atom. The maximum absolute atomic E-state index is 12.0. The predicted octanol–water partition coefficient (Wildman–Crippen LogP) is 2.39. The number of hydrogen-bond donors (Lipinski definition) is 2. The standard InChI is InChI=1S/C12H11F3N2O3S/c13-12(14,15)20-10-1-3-11(4-2-10)21(18,19)17-8-9-5-6-16-7-9/h1-7,16-17H,8H2. The fraction of sp³-hybridized carbons (Fsp3) is 0.167. The fourth-order valence-electron chi connectivity index (χ4n) is 1.55. The van der Waals surface area contributed by atoms with Gasteiger partial charge in [-0.05, 0) is 35.9 Å². The summed E-state index contributed by atoms with van der Waals surface area (Å²) in [5.74, 6) is -0.480. The first kappa shape index (κ1) is 15.4. The van der Waals surface area contributed by atoms with E-state index in [1.165, 1.54) is 0 Å². The Kier molecular flexibility index (Phi) is 4.24. The normalized spacial score (nSPS) is 12.3. The van der Waals surface area contributed by atoms with Crippen LogP contribution in [0.4, 0.5) is 13.2 Å². The smallest absolute Gasteiger partial charge is 0.406 e. The van der Waals surface area contributed by atoms with Crippen molar-refractivity contribution in [3.63, 3.8) is 0 Å². The Labute approximate surface area is 118 Å². The van der Waals surface area contributed by atoms with Crippen LogP contribution in [0, 0.1) is 0 Å². The third-order valence-corrected chi connectivity index (χ3v) is 3.91. The van der Waals surface area contributed by atoms with Crippen LogP contribution < -0.4 is 9.46 Å². The average molecular weight is 320 g/mol. The highest BCUT2D eigenvalue weighted by Gasteiger charge is 2.31. The van der Waals surface area contributed by atoms with E-state index in [1.54, 1.807) is 18.5 Å². The van der Waals surface area contributed by atoms with Crippen molar-refractivity contribution in [2.24, 2.45) is 0 Å². The molecule has 2 aromatic rings. The first-order chi connectivity index (χ1) is 9.76. The van der Waals surface area contributed by atoms with E-state index < -0.39 is 22.1 Å². The lowest BCUT2D eigenvalue weighted by molar-refractivity contribution is -0.274. The van der Waals surface area contributed by atoms with Gasteiger partial charge in [-0.3, -0.25) is 0 Å². The van der Waals surface area contributed by atoms with Crippen molar-refractivity contribution in [1.82, 2.24) is 9.71 Å². The minimum absolute atomic E-state index is 0.0760. The molecule has 1 aromatic heterocycles. The van der Waals surface area contributed by atoms with E-state index in [1.807, 2.05) is 0 Å². The van der Waals surface area contributed by atoms with Gasteiger partial charge in [-0.15, -0.1) is 13.2 Å². The number of nitrogens with one attached hydrogen (secondary N) is 2. The van der Waals surface area contributed by atoms with Gasteiger partial charge in [0.1, 0.15) is 5.75 Å². The van der Waals surface area contributed by atoms with Crippen molar-refractivity contribution < 1.29 is 26.3 Å². The molecule has 0 radical (unpaired) electrons. The summed E-state index contributed by atoms with van der Waals surface area (Å²) in [4.78, 5) is 2.63. The maximum Gasteiger partial charge on any atom is 0.573 e. The van der Waals surface area contributed by atoms with Crippen LogP contribution in [0.25, 0.3) is 0 Å². The molecule has 9 heteroatoms. The molecule has 1 heterocycles. The Bertz CT molecular complexity index is 680. The molecular weight excluding hydrogens is 309 g/mol. The Morgan fingerprint density at radius 1 is 1.14 bits per heavy atom. The second-order valence-electron chi connectivity index (χ2n) is 4.06. The minimum atomic E-state index is -4.81. The molecule has 0 aliphatic heterocycles. The summed E-state index contributed by atoms with van der Waals surface area (Å²) in [6.07, 6.45) is -1.54. The first-order valence-electron chi connectivity index (χ1n) is 5.73. The molecule has 0 spiro atoms. The van der Waals surface area contributed by atoms with Crippen molar-refractivity contribution >= 4 is 10.0 Å². The molecule has 0 aliphatic rings. The Balaban J connectivity index is 2.06. The average Bonchev–Trinajstić information content (AvgIpc) is 2.88. The number of H-pyrrole nitrogens is 1. The lowest BCUT2D eigenvalue weighted by Gasteiger charge is -2.10. The summed E-state index contributed by atoms with van der Waals surface area (Å²) in [5.41, 5.74) is 0.732. The van der Waals surface area contributed by atoms with Crippen LogP contribution >= 0.6 is 0 Å². The van der Waals surface area contributed by atoms with Crippen molar-refractivity contribution in [1.29, 1.82) is 0 Å². The number of benzene rings is 1. The molecule has 0 fully saturated rings. The molecule has 1 aromatic carbocycles. The van der Waals surface area contributed by atoms with Gasteiger partial charge in [0.2, 0.25) is 10.0 Å². The molecule has 5 nitrogen and oxygen atoms in total. The Hall–Kier alpha value is -2.00. The van der Waals surface area contributed by atoms with Crippen LogP contribution in [-0.4, -0.2) is 19.8 Å². The van der Waals surface area contributed by atoms with Crippen LogP contribution in [0.15, 0.2) is 47.6 Å². The van der Waals surface area contributed by atoms with Gasteiger partial charge in [-0.2, -0.15) is 0 Å². The molecule has 0 aliphatic carbocycles. The van der Waals surface area contributed by atoms with Gasteiger partial charge >= 0.3 is 6.36 Å². The van der Waals surface area contributed by atoms with Gasteiger partial charge in [-0.1, -0.05) is 0 Å². The van der Waals surface area contributed by atoms with Gasteiger partial charge in [0, 0.05) is 18.9 Å². The molecule has 2 N–H and O–H groups in total. The number of sulfonamides is 1. The van der Waals surface area contributed by atoms with Gasteiger partial charge in [0.25, 0.3) is 0 Å². The molecule has 0 atom stereocenters. The number of rotatable bonds is 5. The van der Waals surface area contributed by atoms with E-state index in [0.717, 1.165) is 29.8 Å². The van der Waals surface area contributed by atoms with Gasteiger partial charge in [-0.25, -0.2) is 13.1 Å². The molecule has 0 amide bonds. The Morgan fingerprint density at radius 2 is 1.81 bits per heavy atom. The third kappa shape index (κ3) is 4.50. The number of aromatic nitrogens is 1. The van der Waals surface area contributed by atoms with Crippen molar-refractivity contribution in [2.45, 2.75) is 17.8 Å². The van der Waals surface area contributed by atoms with Gasteiger partial charge in [0.05, 0.1) is 4.90 Å². The predicted molar refractivity (Wildman–Crippen MR) is 67.9 cm³/mol. The molecule has 0 unspecified atom stereocenters. The summed E-state index contributed by atoms with van der Waals surface area (Å²) in [5, 5.41) is 0. The highest BCUT2D eigenvalue weighted by molar-refractivity contribution is 7.89. The van der Waals surface area contributed by atoms with E-state index in [4.69, 9.17) is 0 Å². The van der Waals surface area contributed by atoms with Crippen molar-refractivity contribution in [3.8, 4) is 5.75 Å². The summed E-state index contributed by atoms with van der Waals surface area (Å²) >= 11 is 0. The largest absolute Gasteiger partial charge is 0.573 e. The topological polar surface area (TPSA) is 71.2 Å². The molecule has 2 rings (SSSR count). The zero-order valence-corrected chi connectivity index (χ0v) is 11.3. The number of halogens is 3. The SMILES string of the molecule is O=S(=O)(NCc1cc[nH]c1)c1ccc(OC(F)(F)F)cc1. The maximum atomic E-state index is 12.0. The lowest BCUT2D eigenvalue weighted by atomic mass is 10.3. The number of ether oxygens (including phenoxy) is 1. The highest BCUT2D eigenvalue weighted by Crippen LogP contribution is 2.23. The third-order valence-electron chi connectivity index (χ3n) is 2.50. The number of hydrogen-bond acceptors (Lipinski definition) is 3. The van der Waals surface area contributed by atoms with Crippen LogP contribution in [-0.2, 0) is 16.6 Å².